The van der Waals surface area contributed by atoms with Gasteiger partial charge in [0, 0.05) is 24.7 Å². The highest BCUT2D eigenvalue weighted by Crippen LogP contribution is 2.29. The second-order valence-electron chi connectivity index (χ2n) is 7.78. The van der Waals surface area contributed by atoms with Gasteiger partial charge in [-0.3, -0.25) is 9.48 Å². The number of aryl methyl sites for hydroxylation is 3. The summed E-state index contributed by atoms with van der Waals surface area (Å²) in [7, 11) is 1.85. The molecule has 0 aliphatic rings. The average Bonchev–Trinajstić information content (AvgIpc) is 3.02. The van der Waals surface area contributed by atoms with Crippen molar-refractivity contribution in [2.24, 2.45) is 7.05 Å². The molecule has 1 unspecified atom stereocenters. The fourth-order valence-electron chi connectivity index (χ4n) is 4.21. The zero-order valence-corrected chi connectivity index (χ0v) is 17.8. The number of fused-ring (bicyclic) bond motifs is 1. The molecule has 2 aromatic heterocycles. The van der Waals surface area contributed by atoms with Gasteiger partial charge in [-0.2, -0.15) is 5.10 Å². The number of hydrogen-bond acceptors (Lipinski definition) is 3. The number of benzene rings is 2. The van der Waals surface area contributed by atoms with E-state index in [4.69, 9.17) is 0 Å². The number of pyridine rings is 1. The van der Waals surface area contributed by atoms with E-state index in [2.05, 4.69) is 46.6 Å². The second kappa shape index (κ2) is 8.11. The first-order chi connectivity index (χ1) is 14.5. The lowest BCUT2D eigenvalue weighted by Crippen LogP contribution is -2.37. The molecule has 2 aromatic carbocycles. The van der Waals surface area contributed by atoms with Crippen LogP contribution in [-0.4, -0.2) is 26.7 Å². The van der Waals surface area contributed by atoms with Crippen molar-refractivity contribution in [1.82, 2.24) is 20.1 Å². The second-order valence-corrected chi connectivity index (χ2v) is 7.78. The number of nitrogens with zero attached hydrogens (tertiary/aromatic N) is 3. The minimum atomic E-state index is -0.109. The van der Waals surface area contributed by atoms with Crippen LogP contribution in [0.15, 0.2) is 66.7 Å². The molecule has 1 atom stereocenters. The topological polar surface area (TPSA) is 59.8 Å². The Balaban J connectivity index is 1.71. The minimum Gasteiger partial charge on any atom is -0.349 e. The van der Waals surface area contributed by atoms with Crippen molar-refractivity contribution in [1.29, 1.82) is 0 Å². The Morgan fingerprint density at radius 1 is 0.967 bits per heavy atom. The minimum absolute atomic E-state index is 0.0461. The van der Waals surface area contributed by atoms with Crippen LogP contribution in [0.3, 0.4) is 0 Å². The van der Waals surface area contributed by atoms with Gasteiger partial charge in [-0.25, -0.2) is 4.98 Å². The molecule has 0 spiro atoms. The molecule has 4 aromatic rings. The van der Waals surface area contributed by atoms with Gasteiger partial charge in [0.2, 0.25) is 0 Å². The van der Waals surface area contributed by atoms with Crippen LogP contribution >= 0.6 is 0 Å². The molecule has 0 saturated heterocycles. The zero-order chi connectivity index (χ0) is 21.3. The Labute approximate surface area is 176 Å². The summed E-state index contributed by atoms with van der Waals surface area (Å²) in [4.78, 5) is 17.9. The maximum Gasteiger partial charge on any atom is 0.252 e. The van der Waals surface area contributed by atoms with E-state index >= 15 is 0 Å². The van der Waals surface area contributed by atoms with Gasteiger partial charge < -0.3 is 5.32 Å². The Morgan fingerprint density at radius 2 is 1.53 bits per heavy atom. The summed E-state index contributed by atoms with van der Waals surface area (Å²) in [5, 5.41) is 8.51. The molecule has 0 saturated carbocycles. The molecule has 2 heterocycles. The summed E-state index contributed by atoms with van der Waals surface area (Å²) in [6, 6.07) is 22.3. The number of rotatable bonds is 5. The molecule has 0 aliphatic heterocycles. The van der Waals surface area contributed by atoms with Crippen LogP contribution in [0.1, 0.15) is 45.7 Å². The van der Waals surface area contributed by atoms with E-state index in [1.807, 2.05) is 63.4 Å². The van der Waals surface area contributed by atoms with E-state index in [0.29, 0.717) is 5.56 Å². The van der Waals surface area contributed by atoms with Gasteiger partial charge in [-0.1, -0.05) is 60.7 Å². The standard InChI is InChI=1S/C25H26N4O/c1-16-15-21(23-18(3)28-29(4)24(23)26-16)25(30)27-17(2)22(19-11-7-5-8-12-19)20-13-9-6-10-14-20/h5-15,17,22H,1-4H3,(H,27,30). The Morgan fingerprint density at radius 3 is 2.10 bits per heavy atom. The number of carbonyl (C=O) groups is 1. The van der Waals surface area contributed by atoms with E-state index in [-0.39, 0.29) is 17.9 Å². The average molecular weight is 399 g/mol. The Kier molecular flexibility index (Phi) is 5.36. The monoisotopic (exact) mass is 398 g/mol. The molecule has 0 radical (unpaired) electrons. The number of hydrogen-bond donors (Lipinski definition) is 1. The molecule has 1 N–H and O–H groups in total. The summed E-state index contributed by atoms with van der Waals surface area (Å²) < 4.78 is 1.73. The molecule has 0 fully saturated rings. The number of aromatic nitrogens is 3. The maximum atomic E-state index is 13.4. The smallest absolute Gasteiger partial charge is 0.252 e. The van der Waals surface area contributed by atoms with Crippen molar-refractivity contribution < 1.29 is 4.79 Å². The molecule has 5 nitrogen and oxygen atoms in total. The molecule has 1 amide bonds. The molecule has 30 heavy (non-hydrogen) atoms. The third-order valence-electron chi connectivity index (χ3n) is 5.52. The highest BCUT2D eigenvalue weighted by Gasteiger charge is 2.25. The van der Waals surface area contributed by atoms with Gasteiger partial charge in [0.05, 0.1) is 16.6 Å². The first-order valence-corrected chi connectivity index (χ1v) is 10.2. The van der Waals surface area contributed by atoms with Crippen molar-refractivity contribution in [2.75, 3.05) is 0 Å². The van der Waals surface area contributed by atoms with Crippen LogP contribution in [-0.2, 0) is 7.05 Å². The summed E-state index contributed by atoms with van der Waals surface area (Å²) in [6.07, 6.45) is 0. The number of nitrogens with one attached hydrogen (secondary N) is 1. The Bertz CT molecular complexity index is 1140. The predicted octanol–water partition coefficient (Wildman–Crippen LogP) is 4.54. The molecule has 4 rings (SSSR count). The van der Waals surface area contributed by atoms with Crippen LogP contribution in [0.4, 0.5) is 0 Å². The van der Waals surface area contributed by atoms with Gasteiger partial charge in [0.25, 0.3) is 5.91 Å². The lowest BCUT2D eigenvalue weighted by molar-refractivity contribution is 0.0938. The molecule has 5 heteroatoms. The third kappa shape index (κ3) is 3.71. The third-order valence-corrected chi connectivity index (χ3v) is 5.52. The van der Waals surface area contributed by atoms with Crippen LogP contribution in [0.25, 0.3) is 11.0 Å². The summed E-state index contributed by atoms with van der Waals surface area (Å²) in [6.45, 7) is 5.87. The van der Waals surface area contributed by atoms with Gasteiger partial charge in [-0.15, -0.1) is 0 Å². The quantitative estimate of drug-likeness (QED) is 0.537. The first-order valence-electron chi connectivity index (χ1n) is 10.2. The van der Waals surface area contributed by atoms with E-state index in [9.17, 15) is 4.79 Å². The predicted molar refractivity (Wildman–Crippen MR) is 120 cm³/mol. The maximum absolute atomic E-state index is 13.4. The summed E-state index contributed by atoms with van der Waals surface area (Å²) in [5.74, 6) is -0.0595. The Hall–Kier alpha value is -3.47. The highest BCUT2D eigenvalue weighted by molar-refractivity contribution is 6.06. The van der Waals surface area contributed by atoms with E-state index in [1.54, 1.807) is 4.68 Å². The molecular formula is C25H26N4O. The van der Waals surface area contributed by atoms with E-state index in [1.165, 1.54) is 11.1 Å². The van der Waals surface area contributed by atoms with Crippen molar-refractivity contribution in [3.05, 3.63) is 94.8 Å². The van der Waals surface area contributed by atoms with Gasteiger partial charge in [0.1, 0.15) is 0 Å². The van der Waals surface area contributed by atoms with Gasteiger partial charge in [-0.05, 0) is 38.0 Å². The number of amides is 1. The van der Waals surface area contributed by atoms with E-state index in [0.717, 1.165) is 22.4 Å². The van der Waals surface area contributed by atoms with Crippen molar-refractivity contribution in [3.8, 4) is 0 Å². The van der Waals surface area contributed by atoms with E-state index < -0.39 is 0 Å². The lowest BCUT2D eigenvalue weighted by atomic mass is 9.85. The van der Waals surface area contributed by atoms with Crippen LogP contribution in [0.2, 0.25) is 0 Å². The van der Waals surface area contributed by atoms with Gasteiger partial charge in [0.15, 0.2) is 5.65 Å². The SMILES string of the molecule is Cc1cc(C(=O)NC(C)C(c2ccccc2)c2ccccc2)c2c(C)nn(C)c2n1. The van der Waals surface area contributed by atoms with Crippen molar-refractivity contribution >= 4 is 16.9 Å². The normalized spacial score (nSPS) is 12.3. The van der Waals surface area contributed by atoms with Crippen molar-refractivity contribution in [2.45, 2.75) is 32.7 Å². The number of carbonyl (C=O) groups excluding carboxylic acids is 1. The summed E-state index contributed by atoms with van der Waals surface area (Å²) in [5.41, 5.74) is 5.30. The largest absolute Gasteiger partial charge is 0.349 e. The summed E-state index contributed by atoms with van der Waals surface area (Å²) >= 11 is 0. The molecule has 0 aliphatic carbocycles. The van der Waals surface area contributed by atoms with Gasteiger partial charge >= 0.3 is 0 Å². The van der Waals surface area contributed by atoms with Crippen LogP contribution in [0, 0.1) is 13.8 Å². The highest BCUT2D eigenvalue weighted by atomic mass is 16.1. The first kappa shape index (κ1) is 19.8. The fourth-order valence-corrected chi connectivity index (χ4v) is 4.21. The van der Waals surface area contributed by atoms with Crippen LogP contribution in [0.5, 0.6) is 0 Å². The molecular weight excluding hydrogens is 372 g/mol. The zero-order valence-electron chi connectivity index (χ0n) is 17.8. The lowest BCUT2D eigenvalue weighted by Gasteiger charge is -2.26. The van der Waals surface area contributed by atoms with Crippen molar-refractivity contribution in [3.63, 3.8) is 0 Å². The fraction of sp³-hybridized carbons (Fsp3) is 0.240. The molecule has 152 valence electrons. The van der Waals surface area contributed by atoms with Crippen LogP contribution < -0.4 is 5.32 Å². The molecule has 0 bridgehead atoms.